The highest BCUT2D eigenvalue weighted by molar-refractivity contribution is 5.32. The standard InChI is InChI=1S/C21H27NO2/c23-22(24)21-17-15-20(16-18-21)14-8-5-3-1-2-4-7-11-19-12-9-6-10-13-19/h6,9-10,12-13,15-18H,1-5,7-8,11,14H2. The van der Waals surface area contributed by atoms with Crippen LogP contribution in [0.4, 0.5) is 5.69 Å². The lowest BCUT2D eigenvalue weighted by Gasteiger charge is -2.03. The van der Waals surface area contributed by atoms with Gasteiger partial charge in [0.25, 0.3) is 5.69 Å². The second-order valence-corrected chi connectivity index (χ2v) is 6.38. The lowest BCUT2D eigenvalue weighted by Crippen LogP contribution is -1.90. The van der Waals surface area contributed by atoms with Crippen LogP contribution in [0.3, 0.4) is 0 Å². The van der Waals surface area contributed by atoms with E-state index in [1.807, 2.05) is 12.1 Å². The van der Waals surface area contributed by atoms with Crippen molar-refractivity contribution < 1.29 is 4.92 Å². The zero-order valence-corrected chi connectivity index (χ0v) is 14.3. The van der Waals surface area contributed by atoms with Gasteiger partial charge in [-0.3, -0.25) is 10.1 Å². The molecule has 0 saturated carbocycles. The summed E-state index contributed by atoms with van der Waals surface area (Å²) in [4.78, 5) is 10.3. The lowest BCUT2D eigenvalue weighted by atomic mass is 10.0. The third-order valence-corrected chi connectivity index (χ3v) is 4.42. The number of nitro groups is 1. The summed E-state index contributed by atoms with van der Waals surface area (Å²) < 4.78 is 0. The molecule has 0 aromatic heterocycles. The number of non-ortho nitro benzene ring substituents is 1. The number of nitrogens with zero attached hydrogens (tertiary/aromatic N) is 1. The Labute approximate surface area is 144 Å². The summed E-state index contributed by atoms with van der Waals surface area (Å²) in [5.41, 5.74) is 2.82. The van der Waals surface area contributed by atoms with Crippen LogP contribution in [0.5, 0.6) is 0 Å². The summed E-state index contributed by atoms with van der Waals surface area (Å²) in [6, 6.07) is 17.7. The van der Waals surface area contributed by atoms with E-state index in [9.17, 15) is 10.1 Å². The average Bonchev–Trinajstić information content (AvgIpc) is 2.61. The summed E-state index contributed by atoms with van der Waals surface area (Å²) >= 11 is 0. The van der Waals surface area contributed by atoms with Crippen LogP contribution in [0.25, 0.3) is 0 Å². The Kier molecular flexibility index (Phi) is 8.02. The van der Waals surface area contributed by atoms with Gasteiger partial charge in [0.05, 0.1) is 4.92 Å². The molecule has 0 bridgehead atoms. The first-order chi connectivity index (χ1) is 11.8. The number of aryl methyl sites for hydroxylation is 2. The first kappa shape index (κ1) is 18.2. The largest absolute Gasteiger partial charge is 0.269 e. The summed E-state index contributed by atoms with van der Waals surface area (Å²) in [5, 5.41) is 10.6. The zero-order chi connectivity index (χ0) is 17.0. The van der Waals surface area contributed by atoms with Crippen molar-refractivity contribution >= 4 is 5.69 Å². The minimum absolute atomic E-state index is 0.175. The highest BCUT2D eigenvalue weighted by Gasteiger charge is 2.03. The minimum Gasteiger partial charge on any atom is -0.258 e. The predicted molar refractivity (Wildman–Crippen MR) is 99.3 cm³/mol. The van der Waals surface area contributed by atoms with Crippen molar-refractivity contribution in [3.05, 3.63) is 75.8 Å². The highest BCUT2D eigenvalue weighted by Crippen LogP contribution is 2.15. The Morgan fingerprint density at radius 1 is 0.625 bits per heavy atom. The molecule has 128 valence electrons. The van der Waals surface area contributed by atoms with Gasteiger partial charge in [-0.1, -0.05) is 74.6 Å². The molecular weight excluding hydrogens is 298 g/mol. The summed E-state index contributed by atoms with van der Waals surface area (Å²) in [6.07, 6.45) is 11.2. The van der Waals surface area contributed by atoms with E-state index in [1.165, 1.54) is 62.5 Å². The number of nitro benzene ring substituents is 1. The number of hydrogen-bond donors (Lipinski definition) is 0. The van der Waals surface area contributed by atoms with Crippen LogP contribution in [0.2, 0.25) is 0 Å². The van der Waals surface area contributed by atoms with Gasteiger partial charge in [0, 0.05) is 12.1 Å². The maximum Gasteiger partial charge on any atom is 0.269 e. The fourth-order valence-electron chi connectivity index (χ4n) is 2.97. The molecule has 0 amide bonds. The van der Waals surface area contributed by atoms with Crippen molar-refractivity contribution in [1.82, 2.24) is 0 Å². The minimum atomic E-state index is -0.346. The molecule has 2 rings (SSSR count). The van der Waals surface area contributed by atoms with Gasteiger partial charge in [-0.05, 0) is 36.8 Å². The monoisotopic (exact) mass is 325 g/mol. The van der Waals surface area contributed by atoms with E-state index in [-0.39, 0.29) is 10.6 Å². The van der Waals surface area contributed by atoms with E-state index in [1.54, 1.807) is 12.1 Å². The molecule has 0 radical (unpaired) electrons. The van der Waals surface area contributed by atoms with Gasteiger partial charge in [0.2, 0.25) is 0 Å². The van der Waals surface area contributed by atoms with Gasteiger partial charge in [-0.15, -0.1) is 0 Å². The van der Waals surface area contributed by atoms with Gasteiger partial charge in [-0.25, -0.2) is 0 Å². The molecule has 0 aliphatic carbocycles. The second kappa shape index (κ2) is 10.6. The van der Waals surface area contributed by atoms with Gasteiger partial charge >= 0.3 is 0 Å². The molecule has 2 aromatic carbocycles. The molecule has 0 unspecified atom stereocenters. The van der Waals surface area contributed by atoms with Crippen LogP contribution >= 0.6 is 0 Å². The Bertz CT molecular complexity index is 593. The van der Waals surface area contributed by atoms with Crippen LogP contribution in [0, 0.1) is 10.1 Å². The zero-order valence-electron chi connectivity index (χ0n) is 14.3. The van der Waals surface area contributed by atoms with Crippen LogP contribution in [-0.4, -0.2) is 4.92 Å². The van der Waals surface area contributed by atoms with E-state index in [4.69, 9.17) is 0 Å². The topological polar surface area (TPSA) is 43.1 Å². The van der Waals surface area contributed by atoms with Crippen molar-refractivity contribution in [3.63, 3.8) is 0 Å². The molecule has 3 nitrogen and oxygen atoms in total. The fourth-order valence-corrected chi connectivity index (χ4v) is 2.97. The van der Waals surface area contributed by atoms with Gasteiger partial charge < -0.3 is 0 Å². The van der Waals surface area contributed by atoms with Crippen LogP contribution in [0.1, 0.15) is 56.1 Å². The number of benzene rings is 2. The van der Waals surface area contributed by atoms with Gasteiger partial charge in [0.15, 0.2) is 0 Å². The molecule has 0 aliphatic rings. The quantitative estimate of drug-likeness (QED) is 0.284. The second-order valence-electron chi connectivity index (χ2n) is 6.38. The van der Waals surface area contributed by atoms with E-state index >= 15 is 0 Å². The SMILES string of the molecule is O=[N+]([O-])c1ccc(CCCCCCCCCc2ccccc2)cc1. The van der Waals surface area contributed by atoms with Crippen LogP contribution in [-0.2, 0) is 12.8 Å². The molecule has 0 fully saturated rings. The van der Waals surface area contributed by atoms with Crippen LogP contribution in [0.15, 0.2) is 54.6 Å². The lowest BCUT2D eigenvalue weighted by molar-refractivity contribution is -0.384. The Morgan fingerprint density at radius 2 is 1.08 bits per heavy atom. The molecule has 24 heavy (non-hydrogen) atoms. The van der Waals surface area contributed by atoms with E-state index in [0.717, 1.165) is 6.42 Å². The van der Waals surface area contributed by atoms with Crippen molar-refractivity contribution in [2.45, 2.75) is 57.8 Å². The van der Waals surface area contributed by atoms with Gasteiger partial charge in [-0.2, -0.15) is 0 Å². The van der Waals surface area contributed by atoms with Gasteiger partial charge in [0.1, 0.15) is 0 Å². The third kappa shape index (κ3) is 6.95. The fraction of sp³-hybridized carbons (Fsp3) is 0.429. The van der Waals surface area contributed by atoms with Crippen molar-refractivity contribution in [3.8, 4) is 0 Å². The molecule has 0 spiro atoms. The Morgan fingerprint density at radius 3 is 1.58 bits per heavy atom. The molecule has 0 saturated heterocycles. The smallest absolute Gasteiger partial charge is 0.258 e. The summed E-state index contributed by atoms with van der Waals surface area (Å²) in [7, 11) is 0. The predicted octanol–water partition coefficient (Wildman–Crippen LogP) is 6.11. The number of unbranched alkanes of at least 4 members (excludes halogenated alkanes) is 6. The molecular formula is C21H27NO2. The normalized spacial score (nSPS) is 10.7. The summed E-state index contributed by atoms with van der Waals surface area (Å²) in [5.74, 6) is 0. The maximum atomic E-state index is 10.6. The van der Waals surface area contributed by atoms with E-state index < -0.39 is 0 Å². The van der Waals surface area contributed by atoms with Crippen molar-refractivity contribution in [1.29, 1.82) is 0 Å². The maximum absolute atomic E-state index is 10.6. The van der Waals surface area contributed by atoms with Crippen molar-refractivity contribution in [2.75, 3.05) is 0 Å². The summed E-state index contributed by atoms with van der Waals surface area (Å²) in [6.45, 7) is 0. The van der Waals surface area contributed by atoms with E-state index in [0.29, 0.717) is 0 Å². The third-order valence-electron chi connectivity index (χ3n) is 4.42. The number of rotatable bonds is 11. The Hall–Kier alpha value is -2.16. The first-order valence-corrected chi connectivity index (χ1v) is 9.03. The number of hydrogen-bond acceptors (Lipinski definition) is 2. The Balaban J connectivity index is 1.46. The molecule has 3 heteroatoms. The average molecular weight is 325 g/mol. The molecule has 0 heterocycles. The van der Waals surface area contributed by atoms with Crippen molar-refractivity contribution in [2.24, 2.45) is 0 Å². The molecule has 0 aliphatic heterocycles. The molecule has 2 aromatic rings. The first-order valence-electron chi connectivity index (χ1n) is 9.03. The van der Waals surface area contributed by atoms with Crippen LogP contribution < -0.4 is 0 Å². The molecule has 0 N–H and O–H groups in total. The van der Waals surface area contributed by atoms with E-state index in [2.05, 4.69) is 30.3 Å². The highest BCUT2D eigenvalue weighted by atomic mass is 16.6. The molecule has 0 atom stereocenters.